The van der Waals surface area contributed by atoms with Gasteiger partial charge in [0.05, 0.1) is 7.11 Å². The highest BCUT2D eigenvalue weighted by atomic mass is 16.7. The van der Waals surface area contributed by atoms with Crippen LogP contribution in [0, 0.1) is 0 Å². The van der Waals surface area contributed by atoms with Crippen molar-refractivity contribution in [3.05, 3.63) is 12.2 Å². The Bertz CT molecular complexity index is 181. The highest BCUT2D eigenvalue weighted by Gasteiger charge is 2.22. The second-order valence-electron chi connectivity index (χ2n) is 1.64. The summed E-state index contributed by atoms with van der Waals surface area (Å²) in [5, 5.41) is 0.764. The molecule has 0 atom stereocenters. The predicted molar refractivity (Wildman–Crippen MR) is 31.1 cm³/mol. The van der Waals surface area contributed by atoms with Gasteiger partial charge in [-0.3, -0.25) is 14.4 Å². The standard InChI is InChI=1S/C5H6N2O3/c1-10-6-7-4(8)2-3-5(7)9/h2-3,6H,1H3. The van der Waals surface area contributed by atoms with Crippen LogP contribution in [-0.2, 0) is 14.4 Å². The molecule has 1 N–H and O–H groups in total. The van der Waals surface area contributed by atoms with Crippen molar-refractivity contribution in [3.63, 3.8) is 0 Å². The van der Waals surface area contributed by atoms with E-state index in [0.717, 1.165) is 17.2 Å². The van der Waals surface area contributed by atoms with Crippen molar-refractivity contribution in [2.24, 2.45) is 0 Å². The fourth-order valence-corrected chi connectivity index (χ4v) is 0.582. The first-order valence-electron chi connectivity index (χ1n) is 2.60. The summed E-state index contributed by atoms with van der Waals surface area (Å²) in [4.78, 5) is 25.7. The van der Waals surface area contributed by atoms with Crippen molar-refractivity contribution in [2.45, 2.75) is 0 Å². The third-order valence-corrected chi connectivity index (χ3v) is 0.992. The Kier molecular flexibility index (Phi) is 1.79. The molecule has 1 heterocycles. The van der Waals surface area contributed by atoms with Gasteiger partial charge in [0.15, 0.2) is 0 Å². The molecule has 0 aromatic rings. The molecule has 0 aliphatic carbocycles. The van der Waals surface area contributed by atoms with Gasteiger partial charge in [0.1, 0.15) is 0 Å². The van der Waals surface area contributed by atoms with Crippen molar-refractivity contribution in [1.29, 1.82) is 0 Å². The predicted octanol–water partition coefficient (Wildman–Crippen LogP) is -1.02. The third kappa shape index (κ3) is 1.04. The van der Waals surface area contributed by atoms with E-state index in [4.69, 9.17) is 0 Å². The van der Waals surface area contributed by atoms with Crippen LogP contribution < -0.4 is 5.59 Å². The van der Waals surface area contributed by atoms with Crippen LogP contribution in [-0.4, -0.2) is 23.9 Å². The first-order valence-corrected chi connectivity index (χ1v) is 2.60. The second-order valence-corrected chi connectivity index (χ2v) is 1.64. The van der Waals surface area contributed by atoms with E-state index in [9.17, 15) is 9.59 Å². The summed E-state index contributed by atoms with van der Waals surface area (Å²) in [6.45, 7) is 0. The molecule has 0 fully saturated rings. The fraction of sp³-hybridized carbons (Fsp3) is 0.200. The molecule has 0 aromatic heterocycles. The van der Waals surface area contributed by atoms with E-state index >= 15 is 0 Å². The Morgan fingerprint density at radius 3 is 2.30 bits per heavy atom. The number of nitrogens with one attached hydrogen (secondary N) is 1. The Morgan fingerprint density at radius 2 is 1.90 bits per heavy atom. The normalized spacial score (nSPS) is 17.1. The third-order valence-electron chi connectivity index (χ3n) is 0.992. The lowest BCUT2D eigenvalue weighted by Crippen LogP contribution is -2.41. The van der Waals surface area contributed by atoms with Crippen molar-refractivity contribution in [3.8, 4) is 0 Å². The van der Waals surface area contributed by atoms with E-state index < -0.39 is 11.8 Å². The summed E-state index contributed by atoms with van der Waals surface area (Å²) in [6.07, 6.45) is 2.32. The maximum Gasteiger partial charge on any atom is 0.270 e. The highest BCUT2D eigenvalue weighted by Crippen LogP contribution is 1.98. The zero-order chi connectivity index (χ0) is 7.56. The molecule has 1 aliphatic heterocycles. The zero-order valence-corrected chi connectivity index (χ0v) is 5.33. The lowest BCUT2D eigenvalue weighted by atomic mass is 10.6. The zero-order valence-electron chi connectivity index (χ0n) is 5.33. The van der Waals surface area contributed by atoms with Crippen LogP contribution in [0.15, 0.2) is 12.2 Å². The van der Waals surface area contributed by atoms with Crippen LogP contribution in [0.1, 0.15) is 0 Å². The summed E-state index contributed by atoms with van der Waals surface area (Å²) >= 11 is 0. The first kappa shape index (κ1) is 6.91. The summed E-state index contributed by atoms with van der Waals surface area (Å²) in [6, 6.07) is 0. The molecule has 5 nitrogen and oxygen atoms in total. The molecule has 0 spiro atoms. The summed E-state index contributed by atoms with van der Waals surface area (Å²) in [5.74, 6) is -0.848. The first-order chi connectivity index (χ1) is 4.75. The van der Waals surface area contributed by atoms with Gasteiger partial charge in [-0.2, -0.15) is 5.01 Å². The van der Waals surface area contributed by atoms with Crippen LogP contribution >= 0.6 is 0 Å². The van der Waals surface area contributed by atoms with Gasteiger partial charge in [-0.25, -0.2) is 0 Å². The molecule has 0 saturated carbocycles. The molecule has 2 amide bonds. The topological polar surface area (TPSA) is 58.6 Å². The average Bonchev–Trinajstić information content (AvgIpc) is 2.20. The van der Waals surface area contributed by atoms with Gasteiger partial charge in [-0.05, 0) is 0 Å². The Morgan fingerprint density at radius 1 is 1.40 bits per heavy atom. The van der Waals surface area contributed by atoms with Crippen LogP contribution in [0.3, 0.4) is 0 Å². The van der Waals surface area contributed by atoms with E-state index in [1.54, 1.807) is 0 Å². The van der Waals surface area contributed by atoms with Crippen molar-refractivity contribution in [2.75, 3.05) is 7.11 Å². The monoisotopic (exact) mass is 142 g/mol. The van der Waals surface area contributed by atoms with Crippen molar-refractivity contribution in [1.82, 2.24) is 10.6 Å². The SMILES string of the molecule is CONN1C(=O)C=CC1=O. The molecule has 0 bridgehead atoms. The van der Waals surface area contributed by atoms with Gasteiger partial charge in [0.2, 0.25) is 0 Å². The smallest absolute Gasteiger partial charge is 0.270 e. The minimum atomic E-state index is -0.424. The van der Waals surface area contributed by atoms with Crippen molar-refractivity contribution < 1.29 is 14.4 Å². The lowest BCUT2D eigenvalue weighted by molar-refractivity contribution is -0.154. The quantitative estimate of drug-likeness (QED) is 0.396. The fourth-order valence-electron chi connectivity index (χ4n) is 0.582. The largest absolute Gasteiger partial charge is 0.285 e. The van der Waals surface area contributed by atoms with E-state index in [0.29, 0.717) is 0 Å². The molecule has 5 heteroatoms. The summed E-state index contributed by atoms with van der Waals surface area (Å²) < 4.78 is 0. The molecule has 0 aromatic carbocycles. The van der Waals surface area contributed by atoms with Gasteiger partial charge in [-0.1, -0.05) is 0 Å². The van der Waals surface area contributed by atoms with Gasteiger partial charge < -0.3 is 0 Å². The van der Waals surface area contributed by atoms with Gasteiger partial charge in [-0.15, -0.1) is 5.59 Å². The van der Waals surface area contributed by atoms with Gasteiger partial charge >= 0.3 is 0 Å². The Balaban J connectivity index is 2.60. The van der Waals surface area contributed by atoms with E-state index in [1.807, 2.05) is 0 Å². The molecule has 0 radical (unpaired) electrons. The second kappa shape index (κ2) is 2.59. The van der Waals surface area contributed by atoms with Gasteiger partial charge in [0.25, 0.3) is 11.8 Å². The molecule has 1 aliphatic rings. The van der Waals surface area contributed by atoms with Crippen LogP contribution in [0.5, 0.6) is 0 Å². The molecule has 0 saturated heterocycles. The van der Waals surface area contributed by atoms with Crippen LogP contribution in [0.2, 0.25) is 0 Å². The molecular formula is C5H6N2O3. The maximum atomic E-state index is 10.7. The number of rotatable bonds is 2. The van der Waals surface area contributed by atoms with E-state index in [1.165, 1.54) is 7.11 Å². The van der Waals surface area contributed by atoms with E-state index in [2.05, 4.69) is 10.4 Å². The minimum absolute atomic E-state index is 0.424. The molecule has 54 valence electrons. The molecule has 1 rings (SSSR count). The van der Waals surface area contributed by atoms with Crippen molar-refractivity contribution >= 4 is 11.8 Å². The summed E-state index contributed by atoms with van der Waals surface area (Å²) in [5.41, 5.74) is 2.12. The Labute approximate surface area is 57.2 Å². The number of imide groups is 1. The average molecular weight is 142 g/mol. The summed E-state index contributed by atoms with van der Waals surface area (Å²) in [7, 11) is 1.32. The molecule has 10 heavy (non-hydrogen) atoms. The maximum absolute atomic E-state index is 10.7. The minimum Gasteiger partial charge on any atom is -0.285 e. The number of carbonyl (C=O) groups is 2. The number of carbonyl (C=O) groups excluding carboxylic acids is 2. The highest BCUT2D eigenvalue weighted by molar-refractivity contribution is 6.12. The number of hydrazine groups is 1. The Hall–Kier alpha value is -1.20. The number of amides is 2. The number of hydrogen-bond donors (Lipinski definition) is 1. The van der Waals surface area contributed by atoms with Gasteiger partial charge in [0, 0.05) is 12.2 Å². The molecule has 0 unspecified atom stereocenters. The van der Waals surface area contributed by atoms with E-state index in [-0.39, 0.29) is 0 Å². The lowest BCUT2D eigenvalue weighted by Gasteiger charge is -2.11. The number of nitrogens with zero attached hydrogens (tertiary/aromatic N) is 1. The van der Waals surface area contributed by atoms with Crippen LogP contribution in [0.25, 0.3) is 0 Å². The number of hydrogen-bond acceptors (Lipinski definition) is 4. The van der Waals surface area contributed by atoms with Crippen LogP contribution in [0.4, 0.5) is 0 Å². The molecular weight excluding hydrogens is 136 g/mol.